The Morgan fingerprint density at radius 1 is 1.12 bits per heavy atom. The van der Waals surface area contributed by atoms with Crippen molar-refractivity contribution in [3.63, 3.8) is 0 Å². The summed E-state index contributed by atoms with van der Waals surface area (Å²) in [7, 11) is -3.44. The molecule has 0 spiro atoms. The fourth-order valence-corrected chi connectivity index (χ4v) is 5.39. The second-order valence-electron chi connectivity index (χ2n) is 5.51. The quantitative estimate of drug-likeness (QED) is 0.585. The van der Waals surface area contributed by atoms with Gasteiger partial charge >= 0.3 is 0 Å². The first-order valence-electron chi connectivity index (χ1n) is 7.86. The zero-order valence-corrected chi connectivity index (χ0v) is 15.0. The highest BCUT2D eigenvalue weighted by Crippen LogP contribution is 2.26. The van der Waals surface area contributed by atoms with E-state index in [4.69, 9.17) is 15.2 Å². The molecule has 24 heavy (non-hydrogen) atoms. The Kier molecular flexibility index (Phi) is 5.72. The lowest BCUT2D eigenvalue weighted by Gasteiger charge is -2.27. The van der Waals surface area contributed by atoms with Gasteiger partial charge in [0.1, 0.15) is 4.21 Å². The molecule has 0 atom stereocenters. The van der Waals surface area contributed by atoms with E-state index in [0.29, 0.717) is 56.2 Å². The van der Waals surface area contributed by atoms with Crippen molar-refractivity contribution in [2.75, 3.05) is 52.6 Å². The summed E-state index contributed by atoms with van der Waals surface area (Å²) in [5, 5.41) is 0. The third-order valence-electron chi connectivity index (χ3n) is 3.93. The molecule has 1 aromatic rings. The molecular formula is C14H22N4O4S2. The number of aliphatic imine (C=N–C) groups is 1. The van der Waals surface area contributed by atoms with E-state index in [1.807, 2.05) is 4.90 Å². The Labute approximate surface area is 145 Å². The van der Waals surface area contributed by atoms with E-state index in [1.165, 1.54) is 15.6 Å². The summed E-state index contributed by atoms with van der Waals surface area (Å²) in [6, 6.07) is 3.44. The second-order valence-corrected chi connectivity index (χ2v) is 8.84. The number of morpholine rings is 2. The van der Waals surface area contributed by atoms with E-state index in [0.717, 1.165) is 18.0 Å². The van der Waals surface area contributed by atoms with Crippen molar-refractivity contribution < 1.29 is 17.9 Å². The van der Waals surface area contributed by atoms with Crippen molar-refractivity contribution in [3.05, 3.63) is 17.0 Å². The maximum absolute atomic E-state index is 12.6. The molecule has 0 aromatic carbocycles. The predicted octanol–water partition coefficient (Wildman–Crippen LogP) is -0.0841. The number of hydrogen-bond acceptors (Lipinski definition) is 6. The molecule has 0 radical (unpaired) electrons. The van der Waals surface area contributed by atoms with Crippen LogP contribution in [0.4, 0.5) is 0 Å². The number of nitrogens with two attached hydrogens (primary N) is 1. The minimum absolute atomic E-state index is 0.347. The topological polar surface area (TPSA) is 97.5 Å². The molecule has 2 aliphatic heterocycles. The summed E-state index contributed by atoms with van der Waals surface area (Å²) in [6.07, 6.45) is 0. The maximum Gasteiger partial charge on any atom is 0.252 e. The molecular weight excluding hydrogens is 352 g/mol. The van der Waals surface area contributed by atoms with Gasteiger partial charge < -0.3 is 20.1 Å². The van der Waals surface area contributed by atoms with Gasteiger partial charge in [0.2, 0.25) is 0 Å². The first kappa shape index (κ1) is 17.6. The smallest absolute Gasteiger partial charge is 0.252 e. The fourth-order valence-electron chi connectivity index (χ4n) is 2.55. The molecule has 8 nitrogen and oxygen atoms in total. The van der Waals surface area contributed by atoms with Crippen LogP contribution in [0.15, 0.2) is 21.3 Å². The van der Waals surface area contributed by atoms with Crippen molar-refractivity contribution >= 4 is 27.3 Å². The number of nitrogens with zero attached hydrogens (tertiary/aromatic N) is 3. The molecule has 0 amide bonds. The average Bonchev–Trinajstić information content (AvgIpc) is 3.11. The Morgan fingerprint density at radius 2 is 1.75 bits per heavy atom. The van der Waals surface area contributed by atoms with Gasteiger partial charge in [-0.1, -0.05) is 0 Å². The number of rotatable bonds is 4. The van der Waals surface area contributed by atoms with Crippen LogP contribution in [0.2, 0.25) is 0 Å². The number of sulfonamides is 1. The van der Waals surface area contributed by atoms with Gasteiger partial charge in [0, 0.05) is 31.1 Å². The molecule has 1 aromatic heterocycles. The Hall–Kier alpha value is -1.20. The van der Waals surface area contributed by atoms with Crippen LogP contribution in [0, 0.1) is 0 Å². The Morgan fingerprint density at radius 3 is 2.42 bits per heavy atom. The van der Waals surface area contributed by atoms with Gasteiger partial charge in [-0.15, -0.1) is 11.3 Å². The third kappa shape index (κ3) is 4.06. The van der Waals surface area contributed by atoms with Crippen LogP contribution in [-0.2, 0) is 26.0 Å². The molecule has 10 heteroatoms. The zero-order valence-electron chi connectivity index (χ0n) is 13.4. The average molecular weight is 374 g/mol. The van der Waals surface area contributed by atoms with Crippen LogP contribution in [0.5, 0.6) is 0 Å². The molecule has 2 N–H and O–H groups in total. The van der Waals surface area contributed by atoms with Crippen molar-refractivity contribution in [1.82, 2.24) is 9.21 Å². The van der Waals surface area contributed by atoms with Crippen LogP contribution < -0.4 is 5.73 Å². The minimum Gasteiger partial charge on any atom is -0.379 e. The van der Waals surface area contributed by atoms with E-state index in [1.54, 1.807) is 12.1 Å². The molecule has 3 heterocycles. The molecule has 0 aliphatic carbocycles. The van der Waals surface area contributed by atoms with Gasteiger partial charge in [0.15, 0.2) is 5.96 Å². The molecule has 2 fully saturated rings. The van der Waals surface area contributed by atoms with E-state index in [9.17, 15) is 8.42 Å². The highest BCUT2D eigenvalue weighted by molar-refractivity contribution is 7.91. The molecule has 2 aliphatic rings. The number of thiophene rings is 1. The lowest BCUT2D eigenvalue weighted by atomic mass is 10.4. The summed E-state index contributed by atoms with van der Waals surface area (Å²) in [6.45, 7) is 4.83. The van der Waals surface area contributed by atoms with E-state index in [-0.39, 0.29) is 0 Å². The van der Waals surface area contributed by atoms with Crippen LogP contribution >= 0.6 is 11.3 Å². The summed E-state index contributed by atoms with van der Waals surface area (Å²) < 4.78 is 37.5. The first-order chi connectivity index (χ1) is 11.6. The summed E-state index contributed by atoms with van der Waals surface area (Å²) in [5.41, 5.74) is 5.99. The van der Waals surface area contributed by atoms with Gasteiger partial charge in [-0.25, -0.2) is 13.4 Å². The first-order valence-corrected chi connectivity index (χ1v) is 10.1. The fraction of sp³-hybridized carbons (Fsp3) is 0.643. The monoisotopic (exact) mass is 374 g/mol. The molecule has 0 unspecified atom stereocenters. The number of hydrogen-bond donors (Lipinski definition) is 1. The van der Waals surface area contributed by atoms with E-state index >= 15 is 0 Å². The van der Waals surface area contributed by atoms with Gasteiger partial charge in [0.05, 0.1) is 33.0 Å². The molecule has 0 saturated carbocycles. The van der Waals surface area contributed by atoms with Gasteiger partial charge in [-0.05, 0) is 12.1 Å². The predicted molar refractivity (Wildman–Crippen MR) is 91.6 cm³/mol. The van der Waals surface area contributed by atoms with E-state index in [2.05, 4.69) is 4.99 Å². The Balaban J connectivity index is 1.64. The zero-order chi connectivity index (χ0) is 17.0. The lowest BCUT2D eigenvalue weighted by molar-refractivity contribution is 0.0674. The summed E-state index contributed by atoms with van der Waals surface area (Å²) in [4.78, 5) is 7.22. The molecule has 3 rings (SSSR count). The van der Waals surface area contributed by atoms with Crippen LogP contribution in [0.25, 0.3) is 0 Å². The number of ether oxygens (including phenoxy) is 2. The highest BCUT2D eigenvalue weighted by Gasteiger charge is 2.27. The molecule has 2 saturated heterocycles. The van der Waals surface area contributed by atoms with Crippen LogP contribution in [0.3, 0.4) is 0 Å². The highest BCUT2D eigenvalue weighted by atomic mass is 32.2. The number of guanidine groups is 1. The van der Waals surface area contributed by atoms with Crippen molar-refractivity contribution in [1.29, 1.82) is 0 Å². The van der Waals surface area contributed by atoms with Gasteiger partial charge in [-0.3, -0.25) is 0 Å². The minimum atomic E-state index is -3.44. The lowest BCUT2D eigenvalue weighted by Crippen LogP contribution is -2.44. The maximum atomic E-state index is 12.6. The normalized spacial score (nSPS) is 21.2. The van der Waals surface area contributed by atoms with Gasteiger partial charge in [-0.2, -0.15) is 4.31 Å². The van der Waals surface area contributed by atoms with Crippen molar-refractivity contribution in [2.45, 2.75) is 10.8 Å². The summed E-state index contributed by atoms with van der Waals surface area (Å²) in [5.74, 6) is 0.476. The van der Waals surface area contributed by atoms with Crippen molar-refractivity contribution in [3.8, 4) is 0 Å². The Bertz CT molecular complexity index is 677. The van der Waals surface area contributed by atoms with Gasteiger partial charge in [0.25, 0.3) is 10.0 Å². The molecule has 134 valence electrons. The van der Waals surface area contributed by atoms with Crippen LogP contribution in [0.1, 0.15) is 4.88 Å². The van der Waals surface area contributed by atoms with Crippen molar-refractivity contribution in [2.24, 2.45) is 10.7 Å². The largest absolute Gasteiger partial charge is 0.379 e. The summed E-state index contributed by atoms with van der Waals surface area (Å²) >= 11 is 1.25. The SMILES string of the molecule is NC(=NCc1ccc(S(=O)(=O)N2CCOCC2)s1)N1CCOCC1. The molecule has 0 bridgehead atoms. The standard InChI is InChI=1S/C14H22N4O4S2/c15-14(17-3-7-21-8-4-17)16-11-12-1-2-13(23-12)24(19,20)18-5-9-22-10-6-18/h1-2H,3-11H2,(H2,15,16). The third-order valence-corrected chi connectivity index (χ3v) is 7.37. The van der Waals surface area contributed by atoms with Crippen LogP contribution in [-0.4, -0.2) is 76.2 Å². The second kappa shape index (κ2) is 7.79. The van der Waals surface area contributed by atoms with E-state index < -0.39 is 10.0 Å².